The Labute approximate surface area is 214 Å². The number of hydrogen-bond acceptors (Lipinski definition) is 4. The van der Waals surface area contributed by atoms with E-state index in [1.54, 1.807) is 4.90 Å². The minimum absolute atomic E-state index is 0. The first-order valence-corrected chi connectivity index (χ1v) is 11.6. The normalized spacial score (nSPS) is 20.8. The van der Waals surface area contributed by atoms with Crippen LogP contribution in [-0.2, 0) is 9.53 Å². The van der Waals surface area contributed by atoms with Crippen LogP contribution in [0.5, 0.6) is 0 Å². The lowest BCUT2D eigenvalue weighted by atomic mass is 9.90. The molecule has 2 aliphatic heterocycles. The summed E-state index contributed by atoms with van der Waals surface area (Å²) in [6.07, 6.45) is 2.21. The van der Waals surface area contributed by atoms with Crippen molar-refractivity contribution in [1.29, 1.82) is 0 Å². The molecule has 0 radical (unpaired) electrons. The van der Waals surface area contributed by atoms with Gasteiger partial charge in [-0.1, -0.05) is 18.2 Å². The van der Waals surface area contributed by atoms with E-state index in [-0.39, 0.29) is 41.9 Å². The molecule has 0 spiro atoms. The second kappa shape index (κ2) is 12.4. The number of carbonyl (C=O) groups is 2. The Kier molecular flexibility index (Phi) is 10.2. The van der Waals surface area contributed by atoms with Crippen molar-refractivity contribution in [3.63, 3.8) is 0 Å². The number of hydrogen-bond donors (Lipinski definition) is 3. The highest BCUT2D eigenvalue weighted by Gasteiger charge is 2.28. The summed E-state index contributed by atoms with van der Waals surface area (Å²) in [6, 6.07) is 7.95. The minimum Gasteiger partial charge on any atom is -0.444 e. The van der Waals surface area contributed by atoms with Gasteiger partial charge >= 0.3 is 6.09 Å². The van der Waals surface area contributed by atoms with Gasteiger partial charge in [-0.25, -0.2) is 4.79 Å². The summed E-state index contributed by atoms with van der Waals surface area (Å²) in [5.41, 5.74) is 1.55. The molecule has 2 heterocycles. The van der Waals surface area contributed by atoms with Crippen molar-refractivity contribution in [3.05, 3.63) is 29.8 Å². The Morgan fingerprint density at radius 2 is 2.03 bits per heavy atom. The van der Waals surface area contributed by atoms with E-state index in [1.165, 1.54) is 0 Å². The van der Waals surface area contributed by atoms with Gasteiger partial charge in [0.2, 0.25) is 5.91 Å². The SMILES string of the molecule is CCNC(=NCC1CCCN(C(=O)OC(C)(C)C)C1)NCC1CC(=O)Nc2ccccc21.I. The molecule has 1 fully saturated rings. The summed E-state index contributed by atoms with van der Waals surface area (Å²) in [7, 11) is 0. The maximum atomic E-state index is 12.4. The molecular weight excluding hydrogens is 533 g/mol. The van der Waals surface area contributed by atoms with Crippen LogP contribution in [0.3, 0.4) is 0 Å². The van der Waals surface area contributed by atoms with Gasteiger partial charge in [0.15, 0.2) is 5.96 Å². The number of anilines is 1. The number of piperidine rings is 1. The van der Waals surface area contributed by atoms with Crippen molar-refractivity contribution in [2.75, 3.05) is 38.0 Å². The van der Waals surface area contributed by atoms with Crippen LogP contribution >= 0.6 is 24.0 Å². The highest BCUT2D eigenvalue weighted by molar-refractivity contribution is 14.0. The van der Waals surface area contributed by atoms with Gasteiger partial charge in [0.05, 0.1) is 0 Å². The van der Waals surface area contributed by atoms with Crippen molar-refractivity contribution < 1.29 is 14.3 Å². The number of halogens is 1. The molecule has 2 unspecified atom stereocenters. The number of ether oxygens (including phenoxy) is 1. The molecule has 2 atom stereocenters. The predicted octanol–water partition coefficient (Wildman–Crippen LogP) is 3.93. The molecule has 0 aromatic heterocycles. The molecule has 0 saturated carbocycles. The van der Waals surface area contributed by atoms with Crippen molar-refractivity contribution in [3.8, 4) is 0 Å². The zero-order valence-corrected chi connectivity index (χ0v) is 22.5. The molecule has 0 aliphatic carbocycles. The zero-order chi connectivity index (χ0) is 23.1. The van der Waals surface area contributed by atoms with E-state index < -0.39 is 5.60 Å². The largest absolute Gasteiger partial charge is 0.444 e. The monoisotopic (exact) mass is 571 g/mol. The van der Waals surface area contributed by atoms with Crippen LogP contribution in [-0.4, -0.2) is 61.2 Å². The van der Waals surface area contributed by atoms with E-state index in [0.717, 1.165) is 43.1 Å². The number of carbonyl (C=O) groups excluding carboxylic acids is 2. The number of amides is 2. The Bertz CT molecular complexity index is 840. The van der Waals surface area contributed by atoms with E-state index in [4.69, 9.17) is 9.73 Å². The first kappa shape index (κ1) is 27.2. The van der Waals surface area contributed by atoms with E-state index in [0.29, 0.717) is 32.0 Å². The lowest BCUT2D eigenvalue weighted by Crippen LogP contribution is -2.44. The molecule has 8 nitrogen and oxygen atoms in total. The van der Waals surface area contributed by atoms with E-state index in [2.05, 4.69) is 22.0 Å². The third kappa shape index (κ3) is 8.35. The van der Waals surface area contributed by atoms with Crippen molar-refractivity contribution >= 4 is 47.6 Å². The summed E-state index contributed by atoms with van der Waals surface area (Å²) >= 11 is 0. The molecule has 184 valence electrons. The lowest BCUT2D eigenvalue weighted by Gasteiger charge is -2.33. The maximum absolute atomic E-state index is 12.4. The smallest absolute Gasteiger partial charge is 0.410 e. The fourth-order valence-corrected chi connectivity index (χ4v) is 4.17. The van der Waals surface area contributed by atoms with Gasteiger partial charge in [-0.3, -0.25) is 9.79 Å². The maximum Gasteiger partial charge on any atom is 0.410 e. The van der Waals surface area contributed by atoms with Gasteiger partial charge in [0.25, 0.3) is 0 Å². The molecule has 2 amide bonds. The van der Waals surface area contributed by atoms with Gasteiger partial charge in [0, 0.05) is 50.7 Å². The summed E-state index contributed by atoms with van der Waals surface area (Å²) in [5.74, 6) is 1.18. The topological polar surface area (TPSA) is 95.1 Å². The van der Waals surface area contributed by atoms with Gasteiger partial charge < -0.3 is 25.6 Å². The Balaban J connectivity index is 0.00000385. The zero-order valence-electron chi connectivity index (χ0n) is 20.1. The number of benzene rings is 1. The Morgan fingerprint density at radius 3 is 2.76 bits per heavy atom. The van der Waals surface area contributed by atoms with Gasteiger partial charge in [0.1, 0.15) is 5.60 Å². The number of likely N-dealkylation sites (tertiary alicyclic amines) is 1. The van der Waals surface area contributed by atoms with E-state index in [1.807, 2.05) is 45.9 Å². The van der Waals surface area contributed by atoms with Crippen LogP contribution in [0.15, 0.2) is 29.3 Å². The number of nitrogens with zero attached hydrogens (tertiary/aromatic N) is 2. The molecule has 9 heteroatoms. The molecule has 1 saturated heterocycles. The van der Waals surface area contributed by atoms with Crippen LogP contribution < -0.4 is 16.0 Å². The molecule has 1 aromatic carbocycles. The number of para-hydroxylation sites is 1. The van der Waals surface area contributed by atoms with Crippen LogP contribution in [0.25, 0.3) is 0 Å². The average molecular weight is 572 g/mol. The number of fused-ring (bicyclic) bond motifs is 1. The third-order valence-corrected chi connectivity index (χ3v) is 5.64. The summed E-state index contributed by atoms with van der Waals surface area (Å²) in [5, 5.41) is 9.65. The molecule has 0 bridgehead atoms. The van der Waals surface area contributed by atoms with Crippen LogP contribution in [0.4, 0.5) is 10.5 Å². The molecule has 33 heavy (non-hydrogen) atoms. The molecular formula is C24H38IN5O3. The highest BCUT2D eigenvalue weighted by Crippen LogP contribution is 2.31. The van der Waals surface area contributed by atoms with Crippen molar-refractivity contribution in [1.82, 2.24) is 15.5 Å². The van der Waals surface area contributed by atoms with Crippen LogP contribution in [0.2, 0.25) is 0 Å². The molecule has 3 rings (SSSR count). The van der Waals surface area contributed by atoms with Gasteiger partial charge in [-0.05, 0) is 58.1 Å². The van der Waals surface area contributed by atoms with Crippen molar-refractivity contribution in [2.45, 2.75) is 58.5 Å². The van der Waals surface area contributed by atoms with Gasteiger partial charge in [-0.2, -0.15) is 0 Å². The average Bonchev–Trinajstić information content (AvgIpc) is 2.74. The van der Waals surface area contributed by atoms with Crippen LogP contribution in [0, 0.1) is 5.92 Å². The summed E-state index contributed by atoms with van der Waals surface area (Å²) in [6.45, 7) is 11.1. The molecule has 2 aliphatic rings. The van der Waals surface area contributed by atoms with Gasteiger partial charge in [-0.15, -0.1) is 24.0 Å². The van der Waals surface area contributed by atoms with E-state index in [9.17, 15) is 9.59 Å². The second-order valence-corrected chi connectivity index (χ2v) is 9.57. The Morgan fingerprint density at radius 1 is 1.27 bits per heavy atom. The second-order valence-electron chi connectivity index (χ2n) is 9.57. The fraction of sp³-hybridized carbons (Fsp3) is 0.625. The number of rotatable bonds is 5. The summed E-state index contributed by atoms with van der Waals surface area (Å²) < 4.78 is 5.53. The predicted molar refractivity (Wildman–Crippen MR) is 142 cm³/mol. The number of guanidine groups is 1. The molecule has 3 N–H and O–H groups in total. The molecule has 1 aromatic rings. The first-order chi connectivity index (χ1) is 15.2. The lowest BCUT2D eigenvalue weighted by molar-refractivity contribution is -0.116. The quantitative estimate of drug-likeness (QED) is 0.283. The number of aliphatic imine (C=N–C) groups is 1. The third-order valence-electron chi connectivity index (χ3n) is 5.64. The fourth-order valence-electron chi connectivity index (χ4n) is 4.17. The first-order valence-electron chi connectivity index (χ1n) is 11.6. The standard InChI is InChI=1S/C24H37N5O3.HI/c1-5-25-22(27-15-18-13-21(30)28-20-11-7-6-10-19(18)20)26-14-17-9-8-12-29(16-17)23(31)32-24(2,3)4;/h6-7,10-11,17-18H,5,8-9,12-16H2,1-4H3,(H,28,30)(H2,25,26,27);1H. The Hall–Kier alpha value is -2.04. The van der Waals surface area contributed by atoms with E-state index >= 15 is 0 Å². The minimum atomic E-state index is -0.487. The van der Waals surface area contributed by atoms with Crippen molar-refractivity contribution in [2.24, 2.45) is 10.9 Å². The highest BCUT2D eigenvalue weighted by atomic mass is 127. The van der Waals surface area contributed by atoms with Crippen LogP contribution in [0.1, 0.15) is 58.4 Å². The number of nitrogens with one attached hydrogen (secondary N) is 3. The summed E-state index contributed by atoms with van der Waals surface area (Å²) in [4.78, 5) is 31.1.